The monoisotopic (exact) mass is 502 g/mol. The second-order valence-electron chi connectivity index (χ2n) is 7.72. The van der Waals surface area contributed by atoms with E-state index in [0.29, 0.717) is 0 Å². The molecule has 16 heteroatoms. The van der Waals surface area contributed by atoms with Gasteiger partial charge in [0.15, 0.2) is 17.4 Å². The van der Waals surface area contributed by atoms with Crippen molar-refractivity contribution >= 4 is 35.0 Å². The lowest BCUT2D eigenvalue weighted by atomic mass is 10.1. The molecule has 2 aromatic heterocycles. The largest absolute Gasteiger partial charge is 0.460 e. The predicted octanol–water partition coefficient (Wildman–Crippen LogP) is -0.0609. The number of ether oxygens (including phenoxy) is 3. The highest BCUT2D eigenvalue weighted by Crippen LogP contribution is 2.35. The van der Waals surface area contributed by atoms with Crippen molar-refractivity contribution in [3.05, 3.63) is 31.3 Å². The number of hydrogen-bond donors (Lipinski definition) is 2. The Bertz CT molecular complexity index is 1410. The standard InChI is InChI=1S/C20H22N8O8/c1-5-6-27-15-16(24-19(23-9(2)29)25-17(15)32)28(20(27)33)18-13(34-10(3)30)7-12(36-18)14(8-22-26-21)35-11(4)31/h1,12-14,18H,6-8H2,2-4H3,(H2,23,24,25,29,32)/t12-,13+,14?,18+/m0/s1. The van der Waals surface area contributed by atoms with Crippen LogP contribution in [0.3, 0.4) is 0 Å². The van der Waals surface area contributed by atoms with Crippen molar-refractivity contribution in [2.75, 3.05) is 11.9 Å². The molecule has 2 N–H and O–H groups in total. The zero-order chi connectivity index (χ0) is 26.6. The van der Waals surface area contributed by atoms with E-state index < -0.39 is 53.6 Å². The van der Waals surface area contributed by atoms with Gasteiger partial charge in [-0.15, -0.1) is 6.42 Å². The number of nitrogens with zero attached hydrogens (tertiary/aromatic N) is 6. The Morgan fingerprint density at radius 2 is 2.08 bits per heavy atom. The molecule has 1 aliphatic heterocycles. The van der Waals surface area contributed by atoms with Gasteiger partial charge in [-0.3, -0.25) is 34.0 Å². The van der Waals surface area contributed by atoms with Crippen molar-refractivity contribution in [1.29, 1.82) is 0 Å². The summed E-state index contributed by atoms with van der Waals surface area (Å²) in [6.45, 7) is 2.90. The maximum atomic E-state index is 13.4. The first-order chi connectivity index (χ1) is 17.1. The first-order valence-electron chi connectivity index (χ1n) is 10.5. The normalized spacial score (nSPS) is 19.7. The number of imidazole rings is 1. The number of azide groups is 1. The molecule has 4 atom stereocenters. The molecule has 1 aliphatic rings. The van der Waals surface area contributed by atoms with Crippen molar-refractivity contribution < 1.29 is 28.6 Å². The van der Waals surface area contributed by atoms with Gasteiger partial charge in [0.25, 0.3) is 5.56 Å². The van der Waals surface area contributed by atoms with E-state index in [0.717, 1.165) is 23.0 Å². The number of fused-ring (bicyclic) bond motifs is 1. The van der Waals surface area contributed by atoms with Crippen molar-refractivity contribution in [1.82, 2.24) is 19.1 Å². The maximum absolute atomic E-state index is 13.4. The van der Waals surface area contributed by atoms with Gasteiger partial charge in [0, 0.05) is 32.1 Å². The molecule has 1 fully saturated rings. The molecule has 0 bridgehead atoms. The smallest absolute Gasteiger partial charge is 0.333 e. The molecule has 190 valence electrons. The third kappa shape index (κ3) is 5.37. The molecular formula is C20H22N8O8. The zero-order valence-electron chi connectivity index (χ0n) is 19.5. The molecular weight excluding hydrogens is 480 g/mol. The minimum Gasteiger partial charge on any atom is -0.460 e. The molecule has 1 amide bonds. The number of rotatable bonds is 8. The van der Waals surface area contributed by atoms with E-state index in [2.05, 4.69) is 31.2 Å². The van der Waals surface area contributed by atoms with Gasteiger partial charge in [-0.05, 0) is 5.53 Å². The Kier molecular flexibility index (Phi) is 7.77. The van der Waals surface area contributed by atoms with E-state index >= 15 is 0 Å². The molecule has 3 rings (SSSR count). The lowest BCUT2D eigenvalue weighted by molar-refractivity contribution is -0.157. The third-order valence-corrected chi connectivity index (χ3v) is 5.08. The number of H-pyrrole nitrogens is 1. The van der Waals surface area contributed by atoms with E-state index in [9.17, 15) is 24.0 Å². The Labute approximate surface area is 202 Å². The van der Waals surface area contributed by atoms with E-state index in [1.807, 2.05) is 0 Å². The zero-order valence-corrected chi connectivity index (χ0v) is 19.5. The third-order valence-electron chi connectivity index (χ3n) is 5.08. The lowest BCUT2D eigenvalue weighted by Crippen LogP contribution is -2.35. The van der Waals surface area contributed by atoms with E-state index in [1.165, 1.54) is 6.92 Å². The van der Waals surface area contributed by atoms with Gasteiger partial charge in [0.05, 0.1) is 13.1 Å². The number of hydrogen-bond acceptors (Lipinski definition) is 10. The van der Waals surface area contributed by atoms with Crippen LogP contribution in [0.1, 0.15) is 33.4 Å². The van der Waals surface area contributed by atoms with Crippen molar-refractivity contribution in [2.45, 2.75) is 58.3 Å². The van der Waals surface area contributed by atoms with Gasteiger partial charge >= 0.3 is 17.6 Å². The number of nitrogens with one attached hydrogen (secondary N) is 2. The quantitative estimate of drug-likeness (QED) is 0.162. The molecule has 1 saturated heterocycles. The van der Waals surface area contributed by atoms with Gasteiger partial charge in [0.1, 0.15) is 18.3 Å². The van der Waals surface area contributed by atoms with E-state index in [1.54, 1.807) is 0 Å². The SMILES string of the molecule is C#CCn1c(=O)n([C@@H]2O[C@H](C(CN=[N+]=[N-])OC(C)=O)C[C@H]2OC(C)=O)c2nc(NC(C)=O)[nH]c(=O)c21. The lowest BCUT2D eigenvalue weighted by Gasteiger charge is -2.22. The van der Waals surface area contributed by atoms with Crippen LogP contribution in [0, 0.1) is 12.3 Å². The second-order valence-corrected chi connectivity index (χ2v) is 7.72. The summed E-state index contributed by atoms with van der Waals surface area (Å²) in [5.74, 6) is 0.123. The fourth-order valence-electron chi connectivity index (χ4n) is 3.89. The van der Waals surface area contributed by atoms with Gasteiger partial charge < -0.3 is 14.2 Å². The summed E-state index contributed by atoms with van der Waals surface area (Å²) in [5.41, 5.74) is 6.71. The topological polar surface area (TPSA) is 212 Å². The Balaban J connectivity index is 2.20. The van der Waals surface area contributed by atoms with Gasteiger partial charge in [0.2, 0.25) is 11.9 Å². The number of aromatic amines is 1. The van der Waals surface area contributed by atoms with Crippen molar-refractivity contribution in [3.63, 3.8) is 0 Å². The Morgan fingerprint density at radius 3 is 2.67 bits per heavy atom. The molecule has 0 saturated carbocycles. The molecule has 1 unspecified atom stereocenters. The summed E-state index contributed by atoms with van der Waals surface area (Å²) < 4.78 is 18.5. The number of carbonyl (C=O) groups is 3. The van der Waals surface area contributed by atoms with Crippen LogP contribution in [-0.2, 0) is 35.1 Å². The van der Waals surface area contributed by atoms with Crippen LogP contribution in [0.15, 0.2) is 14.7 Å². The van der Waals surface area contributed by atoms with E-state index in [-0.39, 0.29) is 36.6 Å². The minimum atomic E-state index is -1.34. The van der Waals surface area contributed by atoms with Crippen LogP contribution in [0.5, 0.6) is 0 Å². The second kappa shape index (κ2) is 10.8. The molecule has 0 spiro atoms. The number of amides is 1. The summed E-state index contributed by atoms with van der Waals surface area (Å²) in [5, 5.41) is 5.75. The van der Waals surface area contributed by atoms with Crippen LogP contribution < -0.4 is 16.6 Å². The fourth-order valence-corrected chi connectivity index (χ4v) is 3.89. The highest BCUT2D eigenvalue weighted by molar-refractivity contribution is 5.87. The first kappa shape index (κ1) is 26.0. The van der Waals surface area contributed by atoms with Crippen molar-refractivity contribution in [3.8, 4) is 12.3 Å². The van der Waals surface area contributed by atoms with Crippen LogP contribution in [0.25, 0.3) is 21.6 Å². The van der Waals surface area contributed by atoms with Gasteiger partial charge in [-0.25, -0.2) is 9.36 Å². The number of terminal acetylenes is 1. The molecule has 3 heterocycles. The molecule has 0 aliphatic carbocycles. The highest BCUT2D eigenvalue weighted by Gasteiger charge is 2.45. The highest BCUT2D eigenvalue weighted by atomic mass is 16.6. The summed E-state index contributed by atoms with van der Waals surface area (Å²) in [6, 6.07) is 0. The predicted molar refractivity (Wildman–Crippen MR) is 121 cm³/mol. The molecule has 36 heavy (non-hydrogen) atoms. The number of aromatic nitrogens is 4. The van der Waals surface area contributed by atoms with Crippen LogP contribution in [-0.4, -0.2) is 61.8 Å². The fraction of sp³-hybridized carbons (Fsp3) is 0.500. The average molecular weight is 502 g/mol. The van der Waals surface area contributed by atoms with Crippen molar-refractivity contribution in [2.24, 2.45) is 5.11 Å². The minimum absolute atomic E-state index is 0.0564. The van der Waals surface area contributed by atoms with Crippen LogP contribution >= 0.6 is 0 Å². The molecule has 0 aromatic carbocycles. The summed E-state index contributed by atoms with van der Waals surface area (Å²) in [7, 11) is 0. The van der Waals surface area contributed by atoms with Crippen LogP contribution in [0.2, 0.25) is 0 Å². The van der Waals surface area contributed by atoms with E-state index in [4.69, 9.17) is 26.2 Å². The average Bonchev–Trinajstić information content (AvgIpc) is 3.28. The summed E-state index contributed by atoms with van der Waals surface area (Å²) in [6.07, 6.45) is 0.857. The molecule has 0 radical (unpaired) electrons. The Morgan fingerprint density at radius 1 is 1.36 bits per heavy atom. The number of carbonyl (C=O) groups excluding carboxylic acids is 3. The van der Waals surface area contributed by atoms with Gasteiger partial charge in [-0.1, -0.05) is 11.0 Å². The number of anilines is 1. The van der Waals surface area contributed by atoms with Crippen LogP contribution in [0.4, 0.5) is 5.95 Å². The first-order valence-corrected chi connectivity index (χ1v) is 10.5. The molecule has 2 aromatic rings. The molecule has 16 nitrogen and oxygen atoms in total. The summed E-state index contributed by atoms with van der Waals surface area (Å²) in [4.78, 5) is 70.3. The number of esters is 2. The summed E-state index contributed by atoms with van der Waals surface area (Å²) >= 11 is 0. The van der Waals surface area contributed by atoms with Gasteiger partial charge in [-0.2, -0.15) is 4.98 Å². The maximum Gasteiger partial charge on any atom is 0.333 e. The Hall–Kier alpha value is -4.61.